The lowest BCUT2D eigenvalue weighted by atomic mass is 9.91. The van der Waals surface area contributed by atoms with Gasteiger partial charge in [0.1, 0.15) is 0 Å². The number of nitrogens with zero attached hydrogens (tertiary/aromatic N) is 1. The molecule has 0 N–H and O–H groups in total. The molecule has 64 heavy (non-hydrogen) atoms. The Hall–Kier alpha value is -8.04. The second kappa shape index (κ2) is 16.0. The number of hydrogen-bond donors (Lipinski definition) is 0. The van der Waals surface area contributed by atoms with Crippen molar-refractivity contribution in [3.8, 4) is 55.6 Å². The Morgan fingerprint density at radius 3 is 1.44 bits per heavy atom. The first-order valence-electron chi connectivity index (χ1n) is 21.9. The predicted octanol–water partition coefficient (Wildman–Crippen LogP) is 18.2. The van der Waals surface area contributed by atoms with Crippen molar-refractivity contribution in [2.24, 2.45) is 0 Å². The third-order valence-electron chi connectivity index (χ3n) is 12.7. The molecule has 0 atom stereocenters. The lowest BCUT2D eigenvalue weighted by Crippen LogP contribution is -2.10. The van der Waals surface area contributed by atoms with Crippen molar-refractivity contribution in [1.29, 1.82) is 0 Å². The highest BCUT2D eigenvalue weighted by Gasteiger charge is 2.20. The molecule has 0 amide bonds. The van der Waals surface area contributed by atoms with Gasteiger partial charge in [-0.1, -0.05) is 212 Å². The highest BCUT2D eigenvalue weighted by molar-refractivity contribution is 7.27. The summed E-state index contributed by atoms with van der Waals surface area (Å²) in [5.41, 5.74) is 15.5. The Morgan fingerprint density at radius 2 is 0.734 bits per heavy atom. The molecule has 0 fully saturated rings. The summed E-state index contributed by atoms with van der Waals surface area (Å²) in [7, 11) is 0. The minimum Gasteiger partial charge on any atom is -0.309 e. The van der Waals surface area contributed by atoms with Gasteiger partial charge in [-0.05, 0) is 114 Å². The highest BCUT2D eigenvalue weighted by Crippen LogP contribution is 2.47. The van der Waals surface area contributed by atoms with Gasteiger partial charge in [-0.2, -0.15) is 0 Å². The van der Waals surface area contributed by atoms with Crippen LogP contribution in [-0.2, 0) is 0 Å². The predicted molar refractivity (Wildman–Crippen MR) is 276 cm³/mol. The lowest BCUT2D eigenvalue weighted by Gasteiger charge is -2.26. The van der Waals surface area contributed by atoms with Gasteiger partial charge in [-0.15, -0.1) is 11.3 Å². The van der Waals surface area contributed by atoms with Gasteiger partial charge in [-0.3, -0.25) is 0 Å². The van der Waals surface area contributed by atoms with Crippen LogP contribution in [-0.4, -0.2) is 0 Å². The van der Waals surface area contributed by atoms with Crippen molar-refractivity contribution in [2.45, 2.75) is 0 Å². The largest absolute Gasteiger partial charge is 0.309 e. The number of fused-ring (bicyclic) bond motifs is 6. The minimum absolute atomic E-state index is 1.10. The summed E-state index contributed by atoms with van der Waals surface area (Å²) >= 11 is 1.89. The van der Waals surface area contributed by atoms with Crippen LogP contribution >= 0.6 is 11.3 Å². The molecule has 0 unspecified atom stereocenters. The summed E-state index contributed by atoms with van der Waals surface area (Å²) in [6, 6.07) is 90.8. The number of benzene rings is 11. The normalized spacial score (nSPS) is 11.4. The van der Waals surface area contributed by atoms with E-state index in [9.17, 15) is 0 Å². The first-order chi connectivity index (χ1) is 31.7. The maximum atomic E-state index is 2.45. The standard InChI is InChI=1S/C62H41NS/c1-3-15-42(16-4-1)48-22-11-23-49(41-48)53-25-10-9-24-52(53)45-31-36-50(37-32-45)63(59-30-14-29-57-58-40-35-44-19-7-8-26-56(44)61(58)64-62(57)59)51-38-33-46(34-39-51)55-28-13-21-47-20-12-27-54(60(47)55)43-17-5-2-6-18-43/h1-41H. The molecule has 12 aromatic rings. The molecule has 12 rings (SSSR count). The highest BCUT2D eigenvalue weighted by atomic mass is 32.1. The smallest absolute Gasteiger partial charge is 0.0640 e. The zero-order valence-electron chi connectivity index (χ0n) is 35.0. The Balaban J connectivity index is 0.993. The van der Waals surface area contributed by atoms with Crippen molar-refractivity contribution in [2.75, 3.05) is 4.90 Å². The van der Waals surface area contributed by atoms with Crippen LogP contribution in [0.3, 0.4) is 0 Å². The van der Waals surface area contributed by atoms with E-state index in [1.54, 1.807) is 0 Å². The second-order valence-electron chi connectivity index (χ2n) is 16.4. The second-order valence-corrected chi connectivity index (χ2v) is 17.4. The Morgan fingerprint density at radius 1 is 0.266 bits per heavy atom. The minimum atomic E-state index is 1.10. The van der Waals surface area contributed by atoms with Gasteiger partial charge >= 0.3 is 0 Å². The molecule has 0 spiro atoms. The van der Waals surface area contributed by atoms with E-state index in [0.717, 1.165) is 17.1 Å². The van der Waals surface area contributed by atoms with Gasteiger partial charge in [0.25, 0.3) is 0 Å². The topological polar surface area (TPSA) is 3.24 Å². The molecule has 300 valence electrons. The van der Waals surface area contributed by atoms with Crippen LogP contribution in [0.4, 0.5) is 17.1 Å². The molecule has 1 nitrogen and oxygen atoms in total. The molecule has 0 aliphatic heterocycles. The fraction of sp³-hybridized carbons (Fsp3) is 0. The molecule has 1 aromatic heterocycles. The van der Waals surface area contributed by atoms with E-state index >= 15 is 0 Å². The Bertz CT molecular complexity index is 3640. The summed E-state index contributed by atoms with van der Waals surface area (Å²) in [6.07, 6.45) is 0. The average Bonchev–Trinajstić information content (AvgIpc) is 3.77. The van der Waals surface area contributed by atoms with E-state index in [1.807, 2.05) is 11.3 Å². The Kier molecular flexibility index (Phi) is 9.43. The molecular weight excluding hydrogens is 791 g/mol. The number of rotatable bonds is 8. The van der Waals surface area contributed by atoms with Crippen molar-refractivity contribution >= 4 is 70.1 Å². The van der Waals surface area contributed by atoms with Crippen LogP contribution in [0.5, 0.6) is 0 Å². The molecule has 0 saturated carbocycles. The summed E-state index contributed by atoms with van der Waals surface area (Å²) in [6.45, 7) is 0. The molecule has 0 aliphatic rings. The zero-order valence-corrected chi connectivity index (χ0v) is 35.8. The van der Waals surface area contributed by atoms with E-state index in [2.05, 4.69) is 254 Å². The van der Waals surface area contributed by atoms with Gasteiger partial charge in [0.05, 0.1) is 10.4 Å². The van der Waals surface area contributed by atoms with E-state index in [1.165, 1.54) is 97.4 Å². The number of anilines is 3. The van der Waals surface area contributed by atoms with E-state index in [0.29, 0.717) is 0 Å². The molecule has 2 heteroatoms. The van der Waals surface area contributed by atoms with Gasteiger partial charge < -0.3 is 4.90 Å². The van der Waals surface area contributed by atoms with Gasteiger partial charge in [0, 0.05) is 26.8 Å². The van der Waals surface area contributed by atoms with Crippen LogP contribution in [0.15, 0.2) is 249 Å². The fourth-order valence-corrected chi connectivity index (χ4v) is 11.0. The van der Waals surface area contributed by atoms with E-state index in [-0.39, 0.29) is 0 Å². The van der Waals surface area contributed by atoms with Gasteiger partial charge in [0.15, 0.2) is 0 Å². The van der Waals surface area contributed by atoms with Gasteiger partial charge in [0.2, 0.25) is 0 Å². The van der Waals surface area contributed by atoms with Gasteiger partial charge in [-0.25, -0.2) is 0 Å². The summed E-state index contributed by atoms with van der Waals surface area (Å²) < 4.78 is 2.59. The zero-order chi connectivity index (χ0) is 42.4. The van der Waals surface area contributed by atoms with Crippen LogP contribution in [0.25, 0.3) is 97.4 Å². The molecular formula is C62H41NS. The summed E-state index contributed by atoms with van der Waals surface area (Å²) in [5, 5.41) is 7.64. The average molecular weight is 832 g/mol. The maximum Gasteiger partial charge on any atom is 0.0640 e. The first-order valence-corrected chi connectivity index (χ1v) is 22.7. The van der Waals surface area contributed by atoms with Crippen LogP contribution in [0.2, 0.25) is 0 Å². The van der Waals surface area contributed by atoms with E-state index in [4.69, 9.17) is 0 Å². The van der Waals surface area contributed by atoms with E-state index < -0.39 is 0 Å². The van der Waals surface area contributed by atoms with Crippen LogP contribution < -0.4 is 4.90 Å². The van der Waals surface area contributed by atoms with Crippen molar-refractivity contribution in [3.05, 3.63) is 249 Å². The fourth-order valence-electron chi connectivity index (χ4n) is 9.62. The van der Waals surface area contributed by atoms with Crippen LogP contribution in [0, 0.1) is 0 Å². The third kappa shape index (κ3) is 6.64. The molecule has 1 heterocycles. The molecule has 0 radical (unpaired) electrons. The third-order valence-corrected chi connectivity index (χ3v) is 14.0. The Labute approximate surface area is 377 Å². The van der Waals surface area contributed by atoms with Crippen molar-refractivity contribution in [1.82, 2.24) is 0 Å². The monoisotopic (exact) mass is 831 g/mol. The summed E-state index contributed by atoms with van der Waals surface area (Å²) in [4.78, 5) is 2.45. The van der Waals surface area contributed by atoms with Crippen molar-refractivity contribution < 1.29 is 0 Å². The number of hydrogen-bond acceptors (Lipinski definition) is 2. The van der Waals surface area contributed by atoms with Crippen molar-refractivity contribution in [3.63, 3.8) is 0 Å². The SMILES string of the molecule is c1ccc(-c2cccc(-c3ccccc3-c3ccc(N(c4ccc(-c5cccc6cccc(-c7ccccc7)c56)cc4)c4cccc5c4sc4c6ccccc6ccc54)cc3)c2)cc1. The lowest BCUT2D eigenvalue weighted by molar-refractivity contribution is 1.30. The van der Waals surface area contributed by atoms with Crippen LogP contribution in [0.1, 0.15) is 0 Å². The molecule has 0 saturated heterocycles. The molecule has 11 aromatic carbocycles. The quantitative estimate of drug-likeness (QED) is 0.147. The molecule has 0 aliphatic carbocycles. The molecule has 0 bridgehead atoms. The number of thiophene rings is 1. The summed E-state index contributed by atoms with van der Waals surface area (Å²) in [5.74, 6) is 0. The maximum absolute atomic E-state index is 2.45. The first kappa shape index (κ1) is 37.7.